The molecule has 0 radical (unpaired) electrons. The number of aromatic amines is 1. The summed E-state index contributed by atoms with van der Waals surface area (Å²) in [6.07, 6.45) is 1.85. The van der Waals surface area contributed by atoms with Gasteiger partial charge in [-0.2, -0.15) is 0 Å². The molecule has 3 rings (SSSR count). The Hall–Kier alpha value is -2.33. The quantitative estimate of drug-likeness (QED) is 0.630. The van der Waals surface area contributed by atoms with Crippen LogP contribution in [0.15, 0.2) is 42.6 Å². The molecule has 0 aliphatic rings. The zero-order chi connectivity index (χ0) is 18.7. The van der Waals surface area contributed by atoms with Crippen LogP contribution in [-0.2, 0) is 6.54 Å². The van der Waals surface area contributed by atoms with Crippen molar-refractivity contribution in [2.24, 2.45) is 0 Å². The number of hydrogen-bond acceptors (Lipinski definition) is 3. The fourth-order valence-corrected chi connectivity index (χ4v) is 3.41. The van der Waals surface area contributed by atoms with E-state index >= 15 is 0 Å². The van der Waals surface area contributed by atoms with Crippen molar-refractivity contribution in [3.8, 4) is 5.75 Å². The summed E-state index contributed by atoms with van der Waals surface area (Å²) >= 11 is 0. The maximum Gasteiger partial charge on any atom is 0.137 e. The fourth-order valence-electron chi connectivity index (χ4n) is 3.41. The Balaban J connectivity index is 1.84. The molecule has 0 aliphatic heterocycles. The summed E-state index contributed by atoms with van der Waals surface area (Å²) in [6, 6.07) is 12.9. The van der Waals surface area contributed by atoms with Gasteiger partial charge in [0, 0.05) is 29.9 Å². The number of aromatic nitrogens is 2. The van der Waals surface area contributed by atoms with Crippen molar-refractivity contribution in [3.05, 3.63) is 59.4 Å². The van der Waals surface area contributed by atoms with Crippen molar-refractivity contribution in [3.63, 3.8) is 0 Å². The summed E-state index contributed by atoms with van der Waals surface area (Å²) in [5.41, 5.74) is 4.90. The van der Waals surface area contributed by atoms with Crippen LogP contribution in [0.5, 0.6) is 5.75 Å². The van der Waals surface area contributed by atoms with Crippen molar-refractivity contribution in [2.45, 2.75) is 46.2 Å². The number of rotatable bonds is 7. The Morgan fingerprint density at radius 1 is 1.12 bits per heavy atom. The van der Waals surface area contributed by atoms with Gasteiger partial charge in [-0.1, -0.05) is 26.0 Å². The van der Waals surface area contributed by atoms with Gasteiger partial charge < -0.3 is 9.72 Å². The number of benzene rings is 1. The molecule has 0 saturated carbocycles. The molecule has 0 spiro atoms. The number of pyridine rings is 1. The Morgan fingerprint density at radius 3 is 2.50 bits per heavy atom. The molecule has 138 valence electrons. The maximum absolute atomic E-state index is 5.55. The third-order valence-electron chi connectivity index (χ3n) is 5.03. The lowest BCUT2D eigenvalue weighted by Gasteiger charge is -2.26. The molecule has 4 heteroatoms. The molecule has 1 N–H and O–H groups in total. The second-order valence-electron chi connectivity index (χ2n) is 7.16. The summed E-state index contributed by atoms with van der Waals surface area (Å²) in [4.78, 5) is 10.4. The molecule has 0 unspecified atom stereocenters. The molecule has 2 aromatic heterocycles. The number of fused-ring (bicyclic) bond motifs is 1. The highest BCUT2D eigenvalue weighted by Gasteiger charge is 2.19. The fraction of sp³-hybridized carbons (Fsp3) is 0.409. The van der Waals surface area contributed by atoms with Crippen LogP contribution in [0.25, 0.3) is 11.0 Å². The van der Waals surface area contributed by atoms with Crippen LogP contribution in [0.3, 0.4) is 0 Å². The van der Waals surface area contributed by atoms with E-state index in [1.807, 2.05) is 19.2 Å². The van der Waals surface area contributed by atoms with Crippen LogP contribution in [0.1, 0.15) is 56.5 Å². The van der Waals surface area contributed by atoms with Gasteiger partial charge in [-0.05, 0) is 62.2 Å². The van der Waals surface area contributed by atoms with E-state index in [9.17, 15) is 0 Å². The average Bonchev–Trinajstić information content (AvgIpc) is 3.01. The van der Waals surface area contributed by atoms with Gasteiger partial charge in [-0.25, -0.2) is 4.98 Å². The van der Waals surface area contributed by atoms with Gasteiger partial charge in [-0.3, -0.25) is 4.90 Å². The standard InChI is InChI=1S/C22H29N3O/c1-6-26-18-11-9-17(10-12-18)16(4)25(5)14-20-19-8-7-13-23-22(19)24-21(20)15(2)3/h7-13,15-16H,6,14H2,1-5H3,(H,23,24)/t16-/m1/s1. The van der Waals surface area contributed by atoms with Crippen molar-refractivity contribution >= 4 is 11.0 Å². The monoisotopic (exact) mass is 351 g/mol. The highest BCUT2D eigenvalue weighted by atomic mass is 16.5. The summed E-state index contributed by atoms with van der Waals surface area (Å²) in [6.45, 7) is 10.3. The van der Waals surface area contributed by atoms with Crippen molar-refractivity contribution in [1.82, 2.24) is 14.9 Å². The first-order chi connectivity index (χ1) is 12.5. The Bertz CT molecular complexity index is 851. The minimum Gasteiger partial charge on any atom is -0.494 e. The van der Waals surface area contributed by atoms with E-state index < -0.39 is 0 Å². The Morgan fingerprint density at radius 2 is 1.85 bits per heavy atom. The molecule has 26 heavy (non-hydrogen) atoms. The van der Waals surface area contributed by atoms with Crippen LogP contribution in [0.2, 0.25) is 0 Å². The topological polar surface area (TPSA) is 41.1 Å². The zero-order valence-corrected chi connectivity index (χ0v) is 16.4. The largest absolute Gasteiger partial charge is 0.494 e. The molecule has 0 bridgehead atoms. The van der Waals surface area contributed by atoms with E-state index in [0.717, 1.165) is 17.9 Å². The molecule has 3 aromatic rings. The van der Waals surface area contributed by atoms with Gasteiger partial charge in [0.15, 0.2) is 0 Å². The van der Waals surface area contributed by atoms with Crippen LogP contribution in [-0.4, -0.2) is 28.5 Å². The number of nitrogens with zero attached hydrogens (tertiary/aromatic N) is 2. The predicted molar refractivity (Wildman–Crippen MR) is 108 cm³/mol. The molecule has 1 atom stereocenters. The summed E-state index contributed by atoms with van der Waals surface area (Å²) in [7, 11) is 2.18. The lowest BCUT2D eigenvalue weighted by atomic mass is 10.0. The first-order valence-corrected chi connectivity index (χ1v) is 9.39. The van der Waals surface area contributed by atoms with Gasteiger partial charge in [-0.15, -0.1) is 0 Å². The smallest absolute Gasteiger partial charge is 0.137 e. The first-order valence-electron chi connectivity index (χ1n) is 9.39. The normalized spacial score (nSPS) is 12.9. The van der Waals surface area contributed by atoms with E-state index in [-0.39, 0.29) is 0 Å². The van der Waals surface area contributed by atoms with Gasteiger partial charge in [0.25, 0.3) is 0 Å². The molecule has 2 heterocycles. The molecular formula is C22H29N3O. The molecule has 0 fully saturated rings. The van der Waals surface area contributed by atoms with E-state index in [1.54, 1.807) is 0 Å². The van der Waals surface area contributed by atoms with Crippen LogP contribution >= 0.6 is 0 Å². The number of ether oxygens (including phenoxy) is 1. The van der Waals surface area contributed by atoms with Gasteiger partial charge in [0.1, 0.15) is 11.4 Å². The highest BCUT2D eigenvalue weighted by molar-refractivity contribution is 5.81. The Labute approximate surface area is 156 Å². The molecule has 0 saturated heterocycles. The molecule has 4 nitrogen and oxygen atoms in total. The maximum atomic E-state index is 5.55. The molecule has 0 aliphatic carbocycles. The van der Waals surface area contributed by atoms with Crippen LogP contribution in [0.4, 0.5) is 0 Å². The lowest BCUT2D eigenvalue weighted by molar-refractivity contribution is 0.252. The van der Waals surface area contributed by atoms with Crippen molar-refractivity contribution in [2.75, 3.05) is 13.7 Å². The van der Waals surface area contributed by atoms with E-state index in [2.05, 4.69) is 73.0 Å². The van der Waals surface area contributed by atoms with Crippen LogP contribution < -0.4 is 4.74 Å². The molecule has 0 amide bonds. The second kappa shape index (κ2) is 7.92. The average molecular weight is 351 g/mol. The number of hydrogen-bond donors (Lipinski definition) is 1. The molecule has 1 aromatic carbocycles. The first kappa shape index (κ1) is 18.5. The Kier molecular flexibility index (Phi) is 5.62. The predicted octanol–water partition coefficient (Wildman–Crippen LogP) is 5.28. The SMILES string of the molecule is CCOc1ccc([C@@H](C)N(C)Cc2c(C(C)C)[nH]c3ncccc23)cc1. The number of H-pyrrole nitrogens is 1. The van der Waals surface area contributed by atoms with Crippen molar-refractivity contribution in [1.29, 1.82) is 0 Å². The minimum atomic E-state index is 0.312. The van der Waals surface area contributed by atoms with E-state index in [4.69, 9.17) is 4.74 Å². The third kappa shape index (κ3) is 3.75. The summed E-state index contributed by atoms with van der Waals surface area (Å²) in [5, 5.41) is 1.22. The number of nitrogens with one attached hydrogen (secondary N) is 1. The third-order valence-corrected chi connectivity index (χ3v) is 5.03. The van der Waals surface area contributed by atoms with E-state index in [1.165, 1.54) is 22.2 Å². The summed E-state index contributed by atoms with van der Waals surface area (Å²) < 4.78 is 5.55. The van der Waals surface area contributed by atoms with Gasteiger partial charge in [0.2, 0.25) is 0 Å². The lowest BCUT2D eigenvalue weighted by Crippen LogP contribution is -2.22. The van der Waals surface area contributed by atoms with Crippen molar-refractivity contribution < 1.29 is 4.74 Å². The minimum absolute atomic E-state index is 0.312. The second-order valence-corrected chi connectivity index (χ2v) is 7.16. The zero-order valence-electron chi connectivity index (χ0n) is 16.4. The van der Waals surface area contributed by atoms with Gasteiger partial charge >= 0.3 is 0 Å². The summed E-state index contributed by atoms with van der Waals surface area (Å²) in [5.74, 6) is 1.37. The van der Waals surface area contributed by atoms with Gasteiger partial charge in [0.05, 0.1) is 6.61 Å². The van der Waals surface area contributed by atoms with E-state index in [0.29, 0.717) is 18.6 Å². The molecular weight excluding hydrogens is 322 g/mol. The highest BCUT2D eigenvalue weighted by Crippen LogP contribution is 2.30. The van der Waals surface area contributed by atoms with Crippen LogP contribution in [0, 0.1) is 0 Å².